The number of aliphatic carboxylic acids is 1. The molecule has 0 radical (unpaired) electrons. The number of carboxylic acids is 1. The molecule has 5 nitrogen and oxygen atoms in total. The Morgan fingerprint density at radius 2 is 2.11 bits per heavy atom. The molecule has 0 heterocycles. The highest BCUT2D eigenvalue weighted by atomic mass is 16.5. The fourth-order valence-corrected chi connectivity index (χ4v) is 1.29. The van der Waals surface area contributed by atoms with Crippen LogP contribution in [-0.4, -0.2) is 30.6 Å². The van der Waals surface area contributed by atoms with Gasteiger partial charge in [-0.1, -0.05) is 12.1 Å². The highest BCUT2D eigenvalue weighted by Gasteiger charge is 2.20. The Morgan fingerprint density at radius 1 is 1.39 bits per heavy atom. The summed E-state index contributed by atoms with van der Waals surface area (Å²) < 4.78 is 9.84. The largest absolute Gasteiger partial charge is 0.500 e. The van der Waals surface area contributed by atoms with Crippen LogP contribution in [0, 0.1) is 0 Å². The van der Waals surface area contributed by atoms with Crippen LogP contribution in [0.4, 0.5) is 0 Å². The molecule has 0 bridgehead atoms. The van der Waals surface area contributed by atoms with E-state index in [2.05, 4.69) is 0 Å². The lowest BCUT2D eigenvalue weighted by Crippen LogP contribution is -2.13. The molecule has 96 valence electrons. The molecular weight excluding hydrogens is 236 g/mol. The van der Waals surface area contributed by atoms with Gasteiger partial charge in [0.25, 0.3) is 0 Å². The summed E-state index contributed by atoms with van der Waals surface area (Å²) in [7, 11) is 1.47. The van der Waals surface area contributed by atoms with Crippen molar-refractivity contribution in [2.45, 2.75) is 6.92 Å². The first-order valence-electron chi connectivity index (χ1n) is 5.34. The molecule has 0 amide bonds. The van der Waals surface area contributed by atoms with Crippen LogP contribution in [0.3, 0.4) is 0 Å². The fourth-order valence-electron chi connectivity index (χ4n) is 1.29. The van der Waals surface area contributed by atoms with Gasteiger partial charge in [0.05, 0.1) is 13.7 Å². The summed E-state index contributed by atoms with van der Waals surface area (Å²) in [5, 5.41) is 8.96. The maximum absolute atomic E-state index is 12.0. The average molecular weight is 250 g/mol. The smallest absolute Gasteiger partial charge is 0.342 e. The van der Waals surface area contributed by atoms with Gasteiger partial charge in [0.2, 0.25) is 5.78 Å². The van der Waals surface area contributed by atoms with Gasteiger partial charge in [-0.2, -0.15) is 0 Å². The predicted molar refractivity (Wildman–Crippen MR) is 64.7 cm³/mol. The van der Waals surface area contributed by atoms with Crippen LogP contribution in [0.2, 0.25) is 0 Å². The number of hydrogen-bond acceptors (Lipinski definition) is 4. The summed E-state index contributed by atoms with van der Waals surface area (Å²) in [6, 6.07) is 6.29. The molecule has 18 heavy (non-hydrogen) atoms. The van der Waals surface area contributed by atoms with Crippen LogP contribution >= 0.6 is 0 Å². The van der Waals surface area contributed by atoms with Crippen molar-refractivity contribution in [3.63, 3.8) is 0 Å². The maximum Gasteiger partial charge on any atom is 0.342 e. The summed E-state index contributed by atoms with van der Waals surface area (Å²) in [4.78, 5) is 22.9. The Labute approximate surface area is 105 Å². The third kappa shape index (κ3) is 3.35. The molecule has 0 saturated carbocycles. The van der Waals surface area contributed by atoms with Gasteiger partial charge in [-0.3, -0.25) is 4.79 Å². The third-order valence-corrected chi connectivity index (χ3v) is 2.17. The van der Waals surface area contributed by atoms with E-state index in [0.717, 1.165) is 6.26 Å². The average Bonchev–Trinajstić information content (AvgIpc) is 2.38. The van der Waals surface area contributed by atoms with Crippen molar-refractivity contribution in [3.05, 3.63) is 41.7 Å². The summed E-state index contributed by atoms with van der Waals surface area (Å²) in [6.07, 6.45) is 0.962. The van der Waals surface area contributed by atoms with Crippen LogP contribution in [0.25, 0.3) is 0 Å². The Balaban J connectivity index is 3.05. The minimum Gasteiger partial charge on any atom is -0.500 e. The van der Waals surface area contributed by atoms with Crippen molar-refractivity contribution < 1.29 is 24.2 Å². The molecule has 1 aromatic carbocycles. The Kier molecular flexibility index (Phi) is 4.92. The quantitative estimate of drug-likeness (QED) is 0.274. The monoisotopic (exact) mass is 250 g/mol. The van der Waals surface area contributed by atoms with E-state index in [1.54, 1.807) is 19.1 Å². The van der Waals surface area contributed by atoms with E-state index in [0.29, 0.717) is 12.4 Å². The van der Waals surface area contributed by atoms with E-state index >= 15 is 0 Å². The standard InChI is InChI=1S/C13H14O5/c1-3-18-8-11(13(15)16)12(14)9-5-4-6-10(7-9)17-2/h4-8H,3H2,1-2H3,(H,15,16)/b11-8+. The van der Waals surface area contributed by atoms with Gasteiger partial charge < -0.3 is 14.6 Å². The molecule has 0 saturated heterocycles. The zero-order valence-corrected chi connectivity index (χ0v) is 10.2. The van der Waals surface area contributed by atoms with Crippen LogP contribution in [-0.2, 0) is 9.53 Å². The molecule has 0 aliphatic heterocycles. The van der Waals surface area contributed by atoms with E-state index in [1.807, 2.05) is 0 Å². The number of ketones is 1. The topological polar surface area (TPSA) is 72.8 Å². The summed E-state index contributed by atoms with van der Waals surface area (Å²) in [6.45, 7) is 1.99. The molecule has 5 heteroatoms. The molecule has 0 spiro atoms. The molecule has 1 aromatic rings. The predicted octanol–water partition coefficient (Wildman–Crippen LogP) is 1.88. The van der Waals surface area contributed by atoms with Crippen molar-refractivity contribution in [2.75, 3.05) is 13.7 Å². The number of benzene rings is 1. The molecule has 0 aliphatic carbocycles. The van der Waals surface area contributed by atoms with Gasteiger partial charge >= 0.3 is 5.97 Å². The second-order valence-corrected chi connectivity index (χ2v) is 3.35. The first kappa shape index (κ1) is 13.8. The van der Waals surface area contributed by atoms with Crippen LogP contribution in [0.5, 0.6) is 5.75 Å². The molecule has 1 rings (SSSR count). The summed E-state index contributed by atoms with van der Waals surface area (Å²) >= 11 is 0. The SMILES string of the molecule is CCO/C=C(/C(=O)O)C(=O)c1cccc(OC)c1. The van der Waals surface area contributed by atoms with Gasteiger partial charge in [-0.25, -0.2) is 4.79 Å². The molecule has 0 aromatic heterocycles. The van der Waals surface area contributed by atoms with E-state index in [9.17, 15) is 9.59 Å². The minimum atomic E-state index is -1.32. The Morgan fingerprint density at radius 3 is 2.67 bits per heavy atom. The molecule has 1 N–H and O–H groups in total. The number of carbonyl (C=O) groups excluding carboxylic acids is 1. The van der Waals surface area contributed by atoms with E-state index in [4.69, 9.17) is 14.6 Å². The molecule has 0 unspecified atom stereocenters. The number of ether oxygens (including phenoxy) is 2. The van der Waals surface area contributed by atoms with Crippen LogP contribution in [0.1, 0.15) is 17.3 Å². The van der Waals surface area contributed by atoms with Crippen molar-refractivity contribution in [2.24, 2.45) is 0 Å². The van der Waals surface area contributed by atoms with Crippen molar-refractivity contribution in [3.8, 4) is 5.75 Å². The van der Waals surface area contributed by atoms with Gasteiger partial charge in [0.1, 0.15) is 17.6 Å². The third-order valence-electron chi connectivity index (χ3n) is 2.17. The highest BCUT2D eigenvalue weighted by Crippen LogP contribution is 2.16. The maximum atomic E-state index is 12.0. The number of carboxylic acid groups (broad SMARTS) is 1. The lowest BCUT2D eigenvalue weighted by atomic mass is 10.0. The van der Waals surface area contributed by atoms with Crippen LogP contribution in [0.15, 0.2) is 36.1 Å². The van der Waals surface area contributed by atoms with Crippen molar-refractivity contribution >= 4 is 11.8 Å². The second-order valence-electron chi connectivity index (χ2n) is 3.35. The molecule has 0 fully saturated rings. The zero-order chi connectivity index (χ0) is 13.5. The Bertz CT molecular complexity index is 476. The minimum absolute atomic E-state index is 0.239. The normalized spacial score (nSPS) is 10.9. The number of carbonyl (C=O) groups is 2. The van der Waals surface area contributed by atoms with E-state index in [1.165, 1.54) is 19.2 Å². The van der Waals surface area contributed by atoms with Crippen molar-refractivity contribution in [1.82, 2.24) is 0 Å². The van der Waals surface area contributed by atoms with Crippen LogP contribution < -0.4 is 4.74 Å². The fraction of sp³-hybridized carbons (Fsp3) is 0.231. The molecule has 0 aliphatic rings. The van der Waals surface area contributed by atoms with Gasteiger partial charge in [-0.05, 0) is 19.1 Å². The first-order chi connectivity index (χ1) is 8.60. The first-order valence-corrected chi connectivity index (χ1v) is 5.34. The molecule has 0 atom stereocenters. The van der Waals surface area contributed by atoms with E-state index in [-0.39, 0.29) is 5.56 Å². The number of rotatable bonds is 6. The number of Topliss-reactive ketones (excluding diaryl/α,β-unsaturated/α-hetero) is 1. The second kappa shape index (κ2) is 6.44. The van der Waals surface area contributed by atoms with Gasteiger partial charge in [-0.15, -0.1) is 0 Å². The van der Waals surface area contributed by atoms with Crippen molar-refractivity contribution in [1.29, 1.82) is 0 Å². The molecular formula is C13H14O5. The highest BCUT2D eigenvalue weighted by molar-refractivity contribution is 6.23. The zero-order valence-electron chi connectivity index (χ0n) is 10.2. The van der Waals surface area contributed by atoms with E-state index < -0.39 is 17.3 Å². The summed E-state index contributed by atoms with van der Waals surface area (Å²) in [5.41, 5.74) is -0.173. The number of hydrogen-bond donors (Lipinski definition) is 1. The Hall–Kier alpha value is -2.30. The number of methoxy groups -OCH3 is 1. The lowest BCUT2D eigenvalue weighted by molar-refractivity contribution is -0.132. The van der Waals surface area contributed by atoms with Gasteiger partial charge in [0.15, 0.2) is 0 Å². The lowest BCUT2D eigenvalue weighted by Gasteiger charge is -2.05. The van der Waals surface area contributed by atoms with Gasteiger partial charge in [0, 0.05) is 5.56 Å². The summed E-state index contributed by atoms with van der Waals surface area (Å²) in [5.74, 6) is -1.45.